The predicted molar refractivity (Wildman–Crippen MR) is 102 cm³/mol. The zero-order valence-corrected chi connectivity index (χ0v) is 16.6. The fraction of sp³-hybridized carbons (Fsp3) is 0.412. The van der Waals surface area contributed by atoms with Crippen molar-refractivity contribution in [3.05, 3.63) is 34.0 Å². The van der Waals surface area contributed by atoms with Crippen molar-refractivity contribution >= 4 is 34.1 Å². The highest BCUT2D eigenvalue weighted by atomic mass is 32.1. The van der Waals surface area contributed by atoms with Crippen molar-refractivity contribution in [2.45, 2.75) is 26.9 Å². The van der Waals surface area contributed by atoms with E-state index in [2.05, 4.69) is 10.4 Å². The van der Waals surface area contributed by atoms with Crippen LogP contribution >= 0.6 is 11.3 Å². The highest BCUT2D eigenvalue weighted by Gasteiger charge is 2.25. The number of amides is 2. The largest absolute Gasteiger partial charge is 0.465 e. The van der Waals surface area contributed by atoms with E-state index < -0.39 is 11.9 Å². The predicted octanol–water partition coefficient (Wildman–Crippen LogP) is 1.23. The van der Waals surface area contributed by atoms with Crippen LogP contribution in [0.3, 0.4) is 0 Å². The van der Waals surface area contributed by atoms with Crippen LogP contribution in [0.25, 0.3) is 0 Å². The molecule has 0 fully saturated rings. The molecule has 3 N–H and O–H groups in total. The van der Waals surface area contributed by atoms with Gasteiger partial charge in [-0.3, -0.25) is 19.2 Å². The summed E-state index contributed by atoms with van der Waals surface area (Å²) in [5.74, 6) is -1.61. The summed E-state index contributed by atoms with van der Waals surface area (Å²) >= 11 is 0.964. The third-order valence-corrected chi connectivity index (χ3v) is 5.11. The Morgan fingerprint density at radius 3 is 2.67 bits per heavy atom. The molecule has 0 aliphatic carbocycles. The SMILES string of the molecule is CCn1cc(CN(C)CC(=O)Nc2sc(C(N)=O)c(C)c2C(=O)OC)cn1. The minimum atomic E-state index is -0.659. The molecular formula is C17H23N5O4S. The Labute approximate surface area is 161 Å². The molecule has 0 aromatic carbocycles. The second kappa shape index (κ2) is 8.78. The molecule has 0 unspecified atom stereocenters. The molecule has 9 nitrogen and oxygen atoms in total. The number of anilines is 1. The van der Waals surface area contributed by atoms with Gasteiger partial charge in [0.05, 0.1) is 30.3 Å². The van der Waals surface area contributed by atoms with Gasteiger partial charge in [-0.15, -0.1) is 11.3 Å². The van der Waals surface area contributed by atoms with Crippen LogP contribution in [0.4, 0.5) is 5.00 Å². The average molecular weight is 393 g/mol. The Kier molecular flexibility index (Phi) is 6.70. The van der Waals surface area contributed by atoms with Crippen molar-refractivity contribution in [1.82, 2.24) is 14.7 Å². The number of nitrogens with zero attached hydrogens (tertiary/aromatic N) is 3. The lowest BCUT2D eigenvalue weighted by Crippen LogP contribution is -2.30. The number of nitrogens with one attached hydrogen (secondary N) is 1. The minimum Gasteiger partial charge on any atom is -0.465 e. The van der Waals surface area contributed by atoms with Gasteiger partial charge in [-0.05, 0) is 26.5 Å². The van der Waals surface area contributed by atoms with Crippen LogP contribution in [0, 0.1) is 6.92 Å². The number of carbonyl (C=O) groups excluding carboxylic acids is 3. The van der Waals surface area contributed by atoms with Gasteiger partial charge in [0.15, 0.2) is 0 Å². The lowest BCUT2D eigenvalue weighted by Gasteiger charge is -2.15. The number of ether oxygens (including phenoxy) is 1. The monoisotopic (exact) mass is 393 g/mol. The number of rotatable bonds is 8. The summed E-state index contributed by atoms with van der Waals surface area (Å²) in [7, 11) is 3.04. The summed E-state index contributed by atoms with van der Waals surface area (Å²) in [4.78, 5) is 38.0. The molecule has 0 saturated heterocycles. The number of aromatic nitrogens is 2. The Balaban J connectivity index is 2.09. The summed E-state index contributed by atoms with van der Waals surface area (Å²) in [5, 5.41) is 7.14. The Morgan fingerprint density at radius 1 is 1.41 bits per heavy atom. The first-order valence-corrected chi connectivity index (χ1v) is 9.09. The fourth-order valence-corrected chi connectivity index (χ4v) is 3.69. The number of hydrogen-bond donors (Lipinski definition) is 2. The Morgan fingerprint density at radius 2 is 2.11 bits per heavy atom. The van der Waals surface area contributed by atoms with Crippen molar-refractivity contribution in [3.63, 3.8) is 0 Å². The van der Waals surface area contributed by atoms with Gasteiger partial charge >= 0.3 is 5.97 Å². The van der Waals surface area contributed by atoms with Crippen molar-refractivity contribution in [2.24, 2.45) is 5.73 Å². The van der Waals surface area contributed by atoms with E-state index in [1.165, 1.54) is 7.11 Å². The van der Waals surface area contributed by atoms with Crippen LogP contribution in [0.1, 0.15) is 38.1 Å². The molecule has 2 rings (SSSR count). The maximum Gasteiger partial charge on any atom is 0.341 e. The summed E-state index contributed by atoms with van der Waals surface area (Å²) in [6.45, 7) is 5.01. The lowest BCUT2D eigenvalue weighted by molar-refractivity contribution is -0.117. The molecule has 2 amide bonds. The van der Waals surface area contributed by atoms with Crippen molar-refractivity contribution < 1.29 is 19.1 Å². The van der Waals surface area contributed by atoms with Gasteiger partial charge in [0.1, 0.15) is 5.00 Å². The number of carbonyl (C=O) groups is 3. The number of nitrogens with two attached hydrogens (primary N) is 1. The number of aryl methyl sites for hydroxylation is 1. The van der Waals surface area contributed by atoms with Crippen molar-refractivity contribution in [1.29, 1.82) is 0 Å². The lowest BCUT2D eigenvalue weighted by atomic mass is 10.1. The van der Waals surface area contributed by atoms with E-state index in [0.717, 1.165) is 23.4 Å². The molecule has 2 aromatic rings. The van der Waals surface area contributed by atoms with Crippen LogP contribution in [-0.4, -0.2) is 53.2 Å². The first-order chi connectivity index (χ1) is 12.8. The minimum absolute atomic E-state index is 0.0980. The maximum atomic E-state index is 12.4. The van der Waals surface area contributed by atoms with Gasteiger partial charge in [-0.25, -0.2) is 4.79 Å². The zero-order chi connectivity index (χ0) is 20.1. The normalized spacial score (nSPS) is 10.9. The van der Waals surface area contributed by atoms with E-state index in [1.807, 2.05) is 22.7 Å². The van der Waals surface area contributed by atoms with E-state index in [1.54, 1.807) is 20.2 Å². The summed E-state index contributed by atoms with van der Waals surface area (Å²) in [6.07, 6.45) is 3.68. The molecule has 0 aliphatic heterocycles. The van der Waals surface area contributed by atoms with Gasteiger partial charge in [0.2, 0.25) is 5.91 Å². The first kappa shape index (κ1) is 20.6. The van der Waals surface area contributed by atoms with Gasteiger partial charge in [-0.2, -0.15) is 5.10 Å². The van der Waals surface area contributed by atoms with Crippen LogP contribution in [-0.2, 0) is 22.6 Å². The molecule has 0 saturated carbocycles. The molecule has 10 heteroatoms. The molecule has 146 valence electrons. The third-order valence-electron chi connectivity index (χ3n) is 3.89. The van der Waals surface area contributed by atoms with E-state index in [-0.39, 0.29) is 27.9 Å². The molecule has 0 atom stereocenters. The number of likely N-dealkylation sites (N-methyl/N-ethyl adjacent to an activating group) is 1. The number of primary amides is 1. The number of hydrogen-bond acceptors (Lipinski definition) is 7. The van der Waals surface area contributed by atoms with E-state index in [9.17, 15) is 14.4 Å². The summed E-state index contributed by atoms with van der Waals surface area (Å²) in [5.41, 5.74) is 6.88. The van der Waals surface area contributed by atoms with Crippen LogP contribution in [0.15, 0.2) is 12.4 Å². The maximum absolute atomic E-state index is 12.4. The van der Waals surface area contributed by atoms with Crippen LogP contribution in [0.2, 0.25) is 0 Å². The second-order valence-electron chi connectivity index (χ2n) is 6.04. The molecule has 0 radical (unpaired) electrons. The quantitative estimate of drug-likeness (QED) is 0.651. The molecule has 2 heterocycles. The van der Waals surface area contributed by atoms with Crippen LogP contribution < -0.4 is 11.1 Å². The van der Waals surface area contributed by atoms with Gasteiger partial charge < -0.3 is 15.8 Å². The fourth-order valence-electron chi connectivity index (χ4n) is 2.62. The van der Waals surface area contributed by atoms with E-state index >= 15 is 0 Å². The van der Waals surface area contributed by atoms with Gasteiger partial charge in [0, 0.05) is 24.8 Å². The van der Waals surface area contributed by atoms with Crippen molar-refractivity contribution in [2.75, 3.05) is 26.0 Å². The molecule has 0 spiro atoms. The Bertz CT molecular complexity index is 858. The highest BCUT2D eigenvalue weighted by Crippen LogP contribution is 2.33. The number of methoxy groups -OCH3 is 1. The number of thiophene rings is 1. The third kappa shape index (κ3) is 4.92. The zero-order valence-electron chi connectivity index (χ0n) is 15.7. The molecule has 2 aromatic heterocycles. The van der Waals surface area contributed by atoms with Crippen LogP contribution in [0.5, 0.6) is 0 Å². The molecule has 0 aliphatic rings. The van der Waals surface area contributed by atoms with E-state index in [4.69, 9.17) is 10.5 Å². The summed E-state index contributed by atoms with van der Waals surface area (Å²) < 4.78 is 6.56. The molecule has 27 heavy (non-hydrogen) atoms. The smallest absolute Gasteiger partial charge is 0.341 e. The van der Waals surface area contributed by atoms with E-state index in [0.29, 0.717) is 12.1 Å². The van der Waals surface area contributed by atoms with Crippen molar-refractivity contribution in [3.8, 4) is 0 Å². The Hall–Kier alpha value is -2.72. The number of esters is 1. The topological polar surface area (TPSA) is 120 Å². The first-order valence-electron chi connectivity index (χ1n) is 8.28. The van der Waals surface area contributed by atoms with Gasteiger partial charge in [0.25, 0.3) is 5.91 Å². The molecular weight excluding hydrogens is 370 g/mol. The van der Waals surface area contributed by atoms with Gasteiger partial charge in [-0.1, -0.05) is 0 Å². The average Bonchev–Trinajstić information content (AvgIpc) is 3.18. The highest BCUT2D eigenvalue weighted by molar-refractivity contribution is 7.18. The molecule has 0 bridgehead atoms. The summed E-state index contributed by atoms with van der Waals surface area (Å²) in [6, 6.07) is 0. The second-order valence-corrected chi connectivity index (χ2v) is 7.06. The standard InChI is InChI=1S/C17H23N5O4S/c1-5-22-8-11(6-19-22)7-21(3)9-12(23)20-16-13(17(25)26-4)10(2)14(27-16)15(18)24/h6,8H,5,7,9H2,1-4H3,(H2,18,24)(H,20,23).